The highest BCUT2D eigenvalue weighted by molar-refractivity contribution is 6.04. The van der Waals surface area contributed by atoms with E-state index in [0.717, 1.165) is 6.07 Å². The Labute approximate surface area is 144 Å². The van der Waals surface area contributed by atoms with E-state index in [1.54, 1.807) is 0 Å². The molecule has 0 unspecified atom stereocenters. The van der Waals surface area contributed by atoms with Crippen molar-refractivity contribution in [3.8, 4) is 16.9 Å². The fraction of sp³-hybridized carbons (Fsp3) is 0.118. The zero-order valence-electron chi connectivity index (χ0n) is 13.3. The lowest BCUT2D eigenvalue weighted by Crippen LogP contribution is -2.19. The molecule has 0 aliphatic rings. The van der Waals surface area contributed by atoms with Crippen LogP contribution in [0.15, 0.2) is 51.8 Å². The van der Waals surface area contributed by atoms with E-state index in [2.05, 4.69) is 15.0 Å². The van der Waals surface area contributed by atoms with Gasteiger partial charge in [-0.05, 0) is 18.2 Å². The highest BCUT2D eigenvalue weighted by atomic mass is 19.4. The summed E-state index contributed by atoms with van der Waals surface area (Å²) in [5, 5.41) is 2.45. The van der Waals surface area contributed by atoms with Crippen LogP contribution in [0.3, 0.4) is 0 Å². The fourth-order valence-electron chi connectivity index (χ4n) is 2.46. The quantitative estimate of drug-likeness (QED) is 0.766. The van der Waals surface area contributed by atoms with Crippen molar-refractivity contribution in [3.63, 3.8) is 0 Å². The van der Waals surface area contributed by atoms with Crippen molar-refractivity contribution in [2.75, 3.05) is 5.32 Å². The zero-order chi connectivity index (χ0) is 18.9. The van der Waals surface area contributed by atoms with Crippen molar-refractivity contribution in [1.29, 1.82) is 0 Å². The number of rotatable bonds is 3. The van der Waals surface area contributed by atoms with Crippen molar-refractivity contribution in [2.45, 2.75) is 13.3 Å². The molecule has 0 aliphatic heterocycles. The molecule has 2 heterocycles. The number of amides is 1. The van der Waals surface area contributed by atoms with E-state index in [1.807, 2.05) is 0 Å². The maximum absolute atomic E-state index is 12.7. The summed E-state index contributed by atoms with van der Waals surface area (Å²) >= 11 is 0. The molecule has 26 heavy (non-hydrogen) atoms. The van der Waals surface area contributed by atoms with Crippen LogP contribution >= 0.6 is 0 Å². The third-order valence-corrected chi connectivity index (χ3v) is 3.35. The molecule has 2 aromatic heterocycles. The molecule has 0 spiro atoms. The predicted octanol–water partition coefficient (Wildman–Crippen LogP) is 3.71. The Morgan fingerprint density at radius 1 is 1.19 bits per heavy atom. The molecule has 134 valence electrons. The predicted molar refractivity (Wildman–Crippen MR) is 86.7 cm³/mol. The van der Waals surface area contributed by atoms with Gasteiger partial charge in [0.05, 0.1) is 11.3 Å². The number of aromatic nitrogens is 1. The van der Waals surface area contributed by atoms with Gasteiger partial charge in [-0.1, -0.05) is 18.2 Å². The van der Waals surface area contributed by atoms with Gasteiger partial charge in [-0.15, -0.1) is 13.2 Å². The van der Waals surface area contributed by atoms with Gasteiger partial charge in [-0.3, -0.25) is 9.78 Å². The largest absolute Gasteiger partial charge is 0.573 e. The number of benzene rings is 1. The zero-order valence-corrected chi connectivity index (χ0v) is 13.3. The molecule has 0 aliphatic carbocycles. The molecule has 3 rings (SSSR count). The molecule has 9 heteroatoms. The monoisotopic (exact) mass is 364 g/mol. The average molecular weight is 364 g/mol. The SMILES string of the molecule is CC(=O)Nc1c(-c2ccccc2OC(F)(F)F)c(=O)oc2cccnc12. The van der Waals surface area contributed by atoms with Crippen LogP contribution in [0, 0.1) is 0 Å². The number of hydrogen-bond acceptors (Lipinski definition) is 5. The smallest absolute Gasteiger partial charge is 0.420 e. The van der Waals surface area contributed by atoms with E-state index in [1.165, 1.54) is 43.5 Å². The van der Waals surface area contributed by atoms with Gasteiger partial charge in [0, 0.05) is 18.7 Å². The third kappa shape index (κ3) is 3.51. The van der Waals surface area contributed by atoms with Gasteiger partial charge in [-0.2, -0.15) is 0 Å². The van der Waals surface area contributed by atoms with E-state index in [-0.39, 0.29) is 27.9 Å². The molecule has 0 fully saturated rings. The number of nitrogens with zero attached hydrogens (tertiary/aromatic N) is 1. The number of carbonyl (C=O) groups is 1. The summed E-state index contributed by atoms with van der Waals surface area (Å²) in [7, 11) is 0. The van der Waals surface area contributed by atoms with Crippen LogP contribution < -0.4 is 15.7 Å². The molecule has 0 bridgehead atoms. The number of nitrogens with one attached hydrogen (secondary N) is 1. The lowest BCUT2D eigenvalue weighted by molar-refractivity contribution is -0.274. The number of pyridine rings is 1. The second-order valence-electron chi connectivity index (χ2n) is 5.21. The summed E-state index contributed by atoms with van der Waals surface area (Å²) in [6.45, 7) is 1.20. The number of anilines is 1. The number of para-hydroxylation sites is 1. The highest BCUT2D eigenvalue weighted by Crippen LogP contribution is 2.38. The minimum absolute atomic E-state index is 0.0532. The maximum atomic E-state index is 12.7. The normalized spacial score (nSPS) is 11.4. The first-order chi connectivity index (χ1) is 12.3. The molecule has 6 nitrogen and oxygen atoms in total. The minimum atomic E-state index is -4.96. The van der Waals surface area contributed by atoms with Crippen LogP contribution in [0.25, 0.3) is 22.2 Å². The molecule has 0 saturated heterocycles. The topological polar surface area (TPSA) is 81.4 Å². The second kappa shape index (κ2) is 6.51. The van der Waals surface area contributed by atoms with Crippen molar-refractivity contribution >= 4 is 22.7 Å². The minimum Gasteiger partial charge on any atom is -0.420 e. The summed E-state index contributed by atoms with van der Waals surface area (Å²) < 4.78 is 47.2. The van der Waals surface area contributed by atoms with Crippen molar-refractivity contribution in [3.05, 3.63) is 53.0 Å². The summed E-state index contributed by atoms with van der Waals surface area (Å²) in [6, 6.07) is 8.04. The first kappa shape index (κ1) is 17.5. The molecular formula is C17H11F3N2O4. The van der Waals surface area contributed by atoms with E-state index in [0.29, 0.717) is 0 Å². The molecule has 0 saturated carbocycles. The fourth-order valence-corrected chi connectivity index (χ4v) is 2.46. The molecular weight excluding hydrogens is 353 g/mol. The number of alkyl halides is 3. The molecule has 1 amide bonds. The Hall–Kier alpha value is -3.36. The van der Waals surface area contributed by atoms with Crippen LogP contribution in [0.4, 0.5) is 18.9 Å². The number of hydrogen-bond donors (Lipinski definition) is 1. The first-order valence-electron chi connectivity index (χ1n) is 7.31. The van der Waals surface area contributed by atoms with Gasteiger partial charge < -0.3 is 14.5 Å². The van der Waals surface area contributed by atoms with Crippen LogP contribution in [0.2, 0.25) is 0 Å². The van der Waals surface area contributed by atoms with Gasteiger partial charge in [0.2, 0.25) is 5.91 Å². The van der Waals surface area contributed by atoms with Crippen LogP contribution in [0.1, 0.15) is 6.92 Å². The summed E-state index contributed by atoms with van der Waals surface area (Å²) in [6.07, 6.45) is -3.56. The Kier molecular flexibility index (Phi) is 4.37. The Morgan fingerprint density at radius 3 is 2.62 bits per heavy atom. The number of halogens is 3. The standard InChI is InChI=1S/C17H11F3N2O4/c1-9(23)22-15-13(16(24)25-12-7-4-8-21-14(12)15)10-5-2-3-6-11(10)26-17(18,19)20/h2-8H,1H3,(H,22,23). The third-order valence-electron chi connectivity index (χ3n) is 3.35. The van der Waals surface area contributed by atoms with Gasteiger partial charge >= 0.3 is 12.0 Å². The Bertz CT molecular complexity index is 1040. The Balaban J connectivity index is 2.34. The van der Waals surface area contributed by atoms with E-state index in [4.69, 9.17) is 4.42 Å². The lowest BCUT2D eigenvalue weighted by Gasteiger charge is -2.15. The number of carbonyl (C=O) groups excluding carboxylic acids is 1. The summed E-state index contributed by atoms with van der Waals surface area (Å²) in [4.78, 5) is 28.1. The van der Waals surface area contributed by atoms with Crippen LogP contribution in [-0.2, 0) is 4.79 Å². The van der Waals surface area contributed by atoms with Gasteiger partial charge in [0.15, 0.2) is 5.58 Å². The van der Waals surface area contributed by atoms with E-state index < -0.39 is 23.6 Å². The van der Waals surface area contributed by atoms with Crippen LogP contribution in [0.5, 0.6) is 5.75 Å². The van der Waals surface area contributed by atoms with Crippen molar-refractivity contribution in [1.82, 2.24) is 4.98 Å². The van der Waals surface area contributed by atoms with E-state index in [9.17, 15) is 22.8 Å². The highest BCUT2D eigenvalue weighted by Gasteiger charge is 2.33. The molecule has 0 atom stereocenters. The van der Waals surface area contributed by atoms with Crippen LogP contribution in [-0.4, -0.2) is 17.3 Å². The lowest BCUT2D eigenvalue weighted by atomic mass is 10.0. The molecule has 1 aromatic carbocycles. The molecule has 1 N–H and O–H groups in total. The molecule has 0 radical (unpaired) electrons. The first-order valence-corrected chi connectivity index (χ1v) is 7.31. The summed E-state index contributed by atoms with van der Waals surface area (Å²) in [5.74, 6) is -1.13. The average Bonchev–Trinajstić information content (AvgIpc) is 2.54. The van der Waals surface area contributed by atoms with Gasteiger partial charge in [0.25, 0.3) is 0 Å². The second-order valence-corrected chi connectivity index (χ2v) is 5.21. The van der Waals surface area contributed by atoms with Gasteiger partial charge in [0.1, 0.15) is 11.3 Å². The summed E-state index contributed by atoms with van der Waals surface area (Å²) in [5.41, 5.74) is -1.26. The van der Waals surface area contributed by atoms with Crippen molar-refractivity contribution in [2.24, 2.45) is 0 Å². The van der Waals surface area contributed by atoms with E-state index >= 15 is 0 Å². The van der Waals surface area contributed by atoms with Crippen molar-refractivity contribution < 1.29 is 27.1 Å². The molecule has 3 aromatic rings. The number of fused-ring (bicyclic) bond motifs is 1. The number of ether oxygens (including phenoxy) is 1. The maximum Gasteiger partial charge on any atom is 0.573 e. The van der Waals surface area contributed by atoms with Gasteiger partial charge in [-0.25, -0.2) is 4.79 Å². The Morgan fingerprint density at radius 2 is 1.92 bits per heavy atom.